The van der Waals surface area contributed by atoms with Crippen LogP contribution in [0.25, 0.3) is 0 Å². The Labute approximate surface area is 167 Å². The summed E-state index contributed by atoms with van der Waals surface area (Å²) in [7, 11) is 1.29. The molecule has 1 amide bonds. The molecule has 29 heavy (non-hydrogen) atoms. The van der Waals surface area contributed by atoms with E-state index >= 15 is 0 Å². The van der Waals surface area contributed by atoms with Gasteiger partial charge in [-0.2, -0.15) is 0 Å². The van der Waals surface area contributed by atoms with Crippen LogP contribution in [0, 0.1) is 30.9 Å². The molecule has 2 aromatic rings. The van der Waals surface area contributed by atoms with Crippen molar-refractivity contribution >= 4 is 23.3 Å². The molecule has 0 radical (unpaired) electrons. The number of nitro benzene ring substituents is 1. The van der Waals surface area contributed by atoms with E-state index in [9.17, 15) is 19.7 Å². The van der Waals surface area contributed by atoms with Crippen molar-refractivity contribution in [3.05, 3.63) is 57.1 Å². The van der Waals surface area contributed by atoms with E-state index < -0.39 is 23.4 Å². The Morgan fingerprint density at radius 3 is 2.28 bits per heavy atom. The Hall–Kier alpha value is -3.62. The van der Waals surface area contributed by atoms with Gasteiger partial charge in [-0.25, -0.2) is 4.79 Å². The number of methoxy groups -OCH3 is 1. The summed E-state index contributed by atoms with van der Waals surface area (Å²) in [6.45, 7) is 4.58. The molecule has 0 heterocycles. The number of anilines is 1. The van der Waals surface area contributed by atoms with Gasteiger partial charge in [-0.05, 0) is 49.6 Å². The van der Waals surface area contributed by atoms with Crippen LogP contribution < -0.4 is 14.8 Å². The van der Waals surface area contributed by atoms with Crippen LogP contribution in [0.2, 0.25) is 0 Å². The van der Waals surface area contributed by atoms with Gasteiger partial charge in [-0.3, -0.25) is 14.9 Å². The van der Waals surface area contributed by atoms with Gasteiger partial charge in [0.2, 0.25) is 0 Å². The number of amides is 1. The first kappa shape index (κ1) is 21.7. The van der Waals surface area contributed by atoms with Gasteiger partial charge in [0.25, 0.3) is 5.91 Å². The predicted molar refractivity (Wildman–Crippen MR) is 105 cm³/mol. The van der Waals surface area contributed by atoms with Crippen molar-refractivity contribution in [3.8, 4) is 11.5 Å². The van der Waals surface area contributed by atoms with Gasteiger partial charge in [0.05, 0.1) is 12.0 Å². The molecule has 0 aliphatic carbocycles. The third-order valence-electron chi connectivity index (χ3n) is 3.91. The molecule has 0 atom stereocenters. The van der Waals surface area contributed by atoms with Crippen molar-refractivity contribution < 1.29 is 28.7 Å². The van der Waals surface area contributed by atoms with Crippen LogP contribution in [0.3, 0.4) is 0 Å². The molecular weight excluding hydrogens is 380 g/mol. The number of nitro groups is 1. The van der Waals surface area contributed by atoms with E-state index in [-0.39, 0.29) is 18.0 Å². The molecule has 2 rings (SSSR count). The van der Waals surface area contributed by atoms with Crippen molar-refractivity contribution in [2.75, 3.05) is 25.6 Å². The average Bonchev–Trinajstić information content (AvgIpc) is 2.65. The number of aryl methyl sites for hydroxylation is 3. The van der Waals surface area contributed by atoms with Gasteiger partial charge in [-0.15, -0.1) is 0 Å². The third-order valence-corrected chi connectivity index (χ3v) is 3.91. The van der Waals surface area contributed by atoms with Gasteiger partial charge in [0.15, 0.2) is 19.0 Å². The SMILES string of the molecule is COc1cc(NC(=O)COC(=O)COc2cc(C)cc(C)c2)c(C)cc1[N+](=O)[O-]. The molecule has 2 aromatic carbocycles. The fourth-order valence-electron chi connectivity index (χ4n) is 2.65. The summed E-state index contributed by atoms with van der Waals surface area (Å²) >= 11 is 0. The first-order valence-electron chi connectivity index (χ1n) is 8.69. The fraction of sp³-hybridized carbons (Fsp3) is 0.300. The summed E-state index contributed by atoms with van der Waals surface area (Å²) in [4.78, 5) is 34.3. The molecule has 0 spiro atoms. The molecule has 0 bridgehead atoms. The standard InChI is InChI=1S/C20H22N2O7/c1-12-5-13(2)7-15(6-12)28-11-20(24)29-10-19(23)21-16-9-18(27-4)17(22(25)26)8-14(16)3/h5-9H,10-11H2,1-4H3,(H,21,23). The number of nitrogens with one attached hydrogen (secondary N) is 1. The van der Waals surface area contributed by atoms with E-state index in [1.807, 2.05) is 19.9 Å². The molecule has 1 N–H and O–H groups in total. The molecule has 0 aliphatic rings. The number of carbonyl (C=O) groups excluding carboxylic acids is 2. The van der Waals surface area contributed by atoms with Crippen LogP contribution in [0.15, 0.2) is 30.3 Å². The molecule has 9 nitrogen and oxygen atoms in total. The maximum Gasteiger partial charge on any atom is 0.344 e. The quantitative estimate of drug-likeness (QED) is 0.410. The average molecular weight is 402 g/mol. The maximum atomic E-state index is 12.0. The minimum atomic E-state index is -0.697. The highest BCUT2D eigenvalue weighted by atomic mass is 16.6. The highest BCUT2D eigenvalue weighted by Crippen LogP contribution is 2.32. The Balaban J connectivity index is 1.89. The first-order valence-corrected chi connectivity index (χ1v) is 8.69. The molecule has 0 fully saturated rings. The minimum Gasteiger partial charge on any atom is -0.490 e. The normalized spacial score (nSPS) is 10.2. The number of hydrogen-bond acceptors (Lipinski definition) is 7. The molecule has 0 aliphatic heterocycles. The zero-order valence-electron chi connectivity index (χ0n) is 16.6. The molecular formula is C20H22N2O7. The van der Waals surface area contributed by atoms with Gasteiger partial charge < -0.3 is 19.5 Å². The molecule has 9 heteroatoms. The summed E-state index contributed by atoms with van der Waals surface area (Å²) in [6.07, 6.45) is 0. The summed E-state index contributed by atoms with van der Waals surface area (Å²) in [6, 6.07) is 8.19. The predicted octanol–water partition coefficient (Wildman–Crippen LogP) is 3.09. The highest BCUT2D eigenvalue weighted by Gasteiger charge is 2.18. The van der Waals surface area contributed by atoms with E-state index in [0.717, 1.165) is 11.1 Å². The van der Waals surface area contributed by atoms with Crippen molar-refractivity contribution in [1.82, 2.24) is 0 Å². The van der Waals surface area contributed by atoms with Gasteiger partial charge in [0, 0.05) is 17.8 Å². The number of ether oxygens (including phenoxy) is 3. The number of esters is 1. The monoisotopic (exact) mass is 402 g/mol. The van der Waals surface area contributed by atoms with Crippen molar-refractivity contribution in [2.45, 2.75) is 20.8 Å². The van der Waals surface area contributed by atoms with E-state index in [1.54, 1.807) is 19.1 Å². The van der Waals surface area contributed by atoms with Crippen LogP contribution in [0.1, 0.15) is 16.7 Å². The summed E-state index contributed by atoms with van der Waals surface area (Å²) in [5, 5.41) is 13.5. The van der Waals surface area contributed by atoms with Gasteiger partial charge in [-0.1, -0.05) is 6.07 Å². The second-order valence-corrected chi connectivity index (χ2v) is 6.42. The molecule has 0 aromatic heterocycles. The molecule has 0 saturated heterocycles. The largest absolute Gasteiger partial charge is 0.490 e. The number of benzene rings is 2. The molecule has 154 valence electrons. The summed E-state index contributed by atoms with van der Waals surface area (Å²) in [5.41, 5.74) is 2.58. The smallest absolute Gasteiger partial charge is 0.344 e. The van der Waals surface area contributed by atoms with E-state index in [2.05, 4.69) is 5.32 Å². The topological polar surface area (TPSA) is 117 Å². The summed E-state index contributed by atoms with van der Waals surface area (Å²) < 4.78 is 15.3. The zero-order valence-corrected chi connectivity index (χ0v) is 16.6. The Bertz CT molecular complexity index is 920. The van der Waals surface area contributed by atoms with Crippen molar-refractivity contribution in [2.24, 2.45) is 0 Å². The van der Waals surface area contributed by atoms with Gasteiger partial charge >= 0.3 is 11.7 Å². The van der Waals surface area contributed by atoms with E-state index in [0.29, 0.717) is 17.0 Å². The zero-order chi connectivity index (χ0) is 21.6. The minimum absolute atomic E-state index is 0.00902. The lowest BCUT2D eigenvalue weighted by Crippen LogP contribution is -2.24. The maximum absolute atomic E-state index is 12.0. The van der Waals surface area contributed by atoms with Crippen LogP contribution in [0.4, 0.5) is 11.4 Å². The van der Waals surface area contributed by atoms with E-state index in [4.69, 9.17) is 14.2 Å². The summed E-state index contributed by atoms with van der Waals surface area (Å²) in [5.74, 6) is -0.742. The van der Waals surface area contributed by atoms with Crippen LogP contribution in [-0.4, -0.2) is 37.1 Å². The van der Waals surface area contributed by atoms with Crippen LogP contribution >= 0.6 is 0 Å². The van der Waals surface area contributed by atoms with Crippen molar-refractivity contribution in [1.29, 1.82) is 0 Å². The third kappa shape index (κ3) is 6.20. The number of carbonyl (C=O) groups is 2. The second-order valence-electron chi connectivity index (χ2n) is 6.42. The van der Waals surface area contributed by atoms with Crippen LogP contribution in [-0.2, 0) is 14.3 Å². The van der Waals surface area contributed by atoms with Crippen LogP contribution in [0.5, 0.6) is 11.5 Å². The Morgan fingerprint density at radius 2 is 1.69 bits per heavy atom. The lowest BCUT2D eigenvalue weighted by molar-refractivity contribution is -0.385. The number of nitrogens with zero attached hydrogens (tertiary/aromatic N) is 1. The Kier molecular flexibility index (Phi) is 7.13. The first-order chi connectivity index (χ1) is 13.7. The number of rotatable bonds is 8. The van der Waals surface area contributed by atoms with Crippen molar-refractivity contribution in [3.63, 3.8) is 0 Å². The van der Waals surface area contributed by atoms with Gasteiger partial charge in [0.1, 0.15) is 5.75 Å². The lowest BCUT2D eigenvalue weighted by Gasteiger charge is -2.11. The fourth-order valence-corrected chi connectivity index (χ4v) is 2.65. The lowest BCUT2D eigenvalue weighted by atomic mass is 10.1. The Morgan fingerprint density at radius 1 is 1.03 bits per heavy atom. The number of hydrogen-bond donors (Lipinski definition) is 1. The second kappa shape index (κ2) is 9.54. The molecule has 0 unspecified atom stereocenters. The molecule has 0 saturated carbocycles. The van der Waals surface area contributed by atoms with E-state index in [1.165, 1.54) is 19.2 Å². The highest BCUT2D eigenvalue weighted by molar-refractivity contribution is 5.94.